The van der Waals surface area contributed by atoms with Crippen LogP contribution in [0.3, 0.4) is 0 Å². The molecule has 1 aromatic heterocycles. The average molecular weight is 253 g/mol. The van der Waals surface area contributed by atoms with Crippen LogP contribution in [0, 0.1) is 12.7 Å². The minimum absolute atomic E-state index is 0.00241. The smallest absolute Gasteiger partial charge is 0.213 e. The van der Waals surface area contributed by atoms with E-state index in [1.165, 1.54) is 16.8 Å². The van der Waals surface area contributed by atoms with E-state index in [0.717, 1.165) is 6.07 Å². The van der Waals surface area contributed by atoms with Crippen molar-refractivity contribution in [3.05, 3.63) is 52.1 Å². The first-order valence-electron chi connectivity index (χ1n) is 4.99. The summed E-state index contributed by atoms with van der Waals surface area (Å²) in [5.41, 5.74) is 1.06. The van der Waals surface area contributed by atoms with E-state index in [-0.39, 0.29) is 10.6 Å². The van der Waals surface area contributed by atoms with Crippen LogP contribution in [0.5, 0.6) is 0 Å². The fourth-order valence-corrected chi connectivity index (χ4v) is 1.79. The van der Waals surface area contributed by atoms with Gasteiger partial charge in [0.05, 0.1) is 11.3 Å². The van der Waals surface area contributed by atoms with Gasteiger partial charge in [-0.25, -0.2) is 4.39 Å². The van der Waals surface area contributed by atoms with Crippen molar-refractivity contribution in [3.63, 3.8) is 0 Å². The van der Waals surface area contributed by atoms with Crippen molar-refractivity contribution < 1.29 is 9.18 Å². The maximum atomic E-state index is 13.6. The van der Waals surface area contributed by atoms with Crippen LogP contribution in [0.25, 0.3) is 0 Å². The van der Waals surface area contributed by atoms with Crippen molar-refractivity contribution in [2.45, 2.75) is 6.92 Å². The van der Waals surface area contributed by atoms with Crippen molar-refractivity contribution in [1.29, 1.82) is 0 Å². The molecule has 1 aromatic carbocycles. The highest BCUT2D eigenvalue weighted by molar-refractivity contribution is 6.30. The number of ketones is 1. The van der Waals surface area contributed by atoms with Gasteiger partial charge >= 0.3 is 0 Å². The van der Waals surface area contributed by atoms with Gasteiger partial charge in [0, 0.05) is 12.1 Å². The van der Waals surface area contributed by atoms with Crippen LogP contribution < -0.4 is 0 Å². The maximum absolute atomic E-state index is 13.6. The largest absolute Gasteiger partial charge is 0.287 e. The lowest BCUT2D eigenvalue weighted by molar-refractivity contribution is 0.102. The number of benzene rings is 1. The highest BCUT2D eigenvalue weighted by atomic mass is 35.5. The predicted octanol–water partition coefficient (Wildman–Crippen LogP) is 2.75. The zero-order valence-corrected chi connectivity index (χ0v) is 10.1. The Hall–Kier alpha value is -1.68. The molecular weight excluding hydrogens is 243 g/mol. The zero-order chi connectivity index (χ0) is 12.6. The Labute approximate surface area is 103 Å². The average Bonchev–Trinajstić information content (AvgIpc) is 2.57. The van der Waals surface area contributed by atoms with Crippen molar-refractivity contribution in [2.24, 2.45) is 7.05 Å². The molecule has 1 heterocycles. The van der Waals surface area contributed by atoms with Gasteiger partial charge in [0.1, 0.15) is 11.5 Å². The standard InChI is InChI=1S/C12H10ClFN2O/c1-7-5-11(16(2)15-7)12(17)9-4-3-8(13)6-10(9)14/h3-6H,1-2H3. The number of hydrogen-bond donors (Lipinski definition) is 0. The summed E-state index contributed by atoms with van der Waals surface area (Å²) in [4.78, 5) is 12.1. The van der Waals surface area contributed by atoms with Crippen LogP contribution in [0.1, 0.15) is 21.7 Å². The van der Waals surface area contributed by atoms with E-state index >= 15 is 0 Å². The Morgan fingerprint density at radius 3 is 2.65 bits per heavy atom. The Balaban J connectivity index is 2.47. The zero-order valence-electron chi connectivity index (χ0n) is 9.37. The van der Waals surface area contributed by atoms with Crippen LogP contribution in [-0.4, -0.2) is 15.6 Å². The van der Waals surface area contributed by atoms with Crippen LogP contribution in [0.4, 0.5) is 4.39 Å². The summed E-state index contributed by atoms with van der Waals surface area (Å²) in [5.74, 6) is -1.02. The number of nitrogens with zero attached hydrogens (tertiary/aromatic N) is 2. The Bertz CT molecular complexity index is 592. The highest BCUT2D eigenvalue weighted by Crippen LogP contribution is 2.18. The lowest BCUT2D eigenvalue weighted by Gasteiger charge is -2.03. The molecule has 0 saturated carbocycles. The van der Waals surface area contributed by atoms with Crippen LogP contribution in [0.2, 0.25) is 5.02 Å². The molecular formula is C12H10ClFN2O. The molecule has 0 atom stereocenters. The van der Waals surface area contributed by atoms with Gasteiger partial charge in [0.2, 0.25) is 5.78 Å². The normalized spacial score (nSPS) is 10.6. The molecule has 0 aliphatic rings. The molecule has 0 radical (unpaired) electrons. The minimum Gasteiger partial charge on any atom is -0.287 e. The van der Waals surface area contributed by atoms with Gasteiger partial charge in [0.25, 0.3) is 0 Å². The molecule has 0 unspecified atom stereocenters. The summed E-state index contributed by atoms with van der Waals surface area (Å²) in [6, 6.07) is 5.61. The van der Waals surface area contributed by atoms with E-state index in [1.54, 1.807) is 20.0 Å². The Kier molecular flexibility index (Phi) is 2.98. The number of halogens is 2. The minimum atomic E-state index is -0.624. The third-order valence-corrected chi connectivity index (χ3v) is 2.65. The lowest BCUT2D eigenvalue weighted by atomic mass is 10.1. The number of carbonyl (C=O) groups is 1. The van der Waals surface area contributed by atoms with Crippen molar-refractivity contribution in [1.82, 2.24) is 9.78 Å². The molecule has 3 nitrogen and oxygen atoms in total. The van der Waals surface area contributed by atoms with Crippen LogP contribution in [-0.2, 0) is 7.05 Å². The predicted molar refractivity (Wildman–Crippen MR) is 62.8 cm³/mol. The van der Waals surface area contributed by atoms with Crippen LogP contribution >= 0.6 is 11.6 Å². The summed E-state index contributed by atoms with van der Waals surface area (Å²) in [5, 5.41) is 4.32. The van der Waals surface area contributed by atoms with Gasteiger partial charge in [-0.3, -0.25) is 9.48 Å². The number of hydrogen-bond acceptors (Lipinski definition) is 2. The molecule has 0 saturated heterocycles. The van der Waals surface area contributed by atoms with Gasteiger partial charge in [-0.1, -0.05) is 11.6 Å². The molecule has 0 aliphatic carbocycles. The van der Waals surface area contributed by atoms with Crippen molar-refractivity contribution >= 4 is 17.4 Å². The summed E-state index contributed by atoms with van der Waals surface area (Å²) < 4.78 is 15.0. The van der Waals surface area contributed by atoms with E-state index in [9.17, 15) is 9.18 Å². The Morgan fingerprint density at radius 2 is 2.12 bits per heavy atom. The van der Waals surface area contributed by atoms with Crippen molar-refractivity contribution in [2.75, 3.05) is 0 Å². The molecule has 0 amide bonds. The molecule has 17 heavy (non-hydrogen) atoms. The Morgan fingerprint density at radius 1 is 1.41 bits per heavy atom. The number of aromatic nitrogens is 2. The highest BCUT2D eigenvalue weighted by Gasteiger charge is 2.17. The van der Waals surface area contributed by atoms with Crippen LogP contribution in [0.15, 0.2) is 24.3 Å². The van der Waals surface area contributed by atoms with Gasteiger partial charge in [-0.2, -0.15) is 5.10 Å². The van der Waals surface area contributed by atoms with E-state index in [1.807, 2.05) is 0 Å². The van der Waals surface area contributed by atoms with Gasteiger partial charge in [-0.05, 0) is 31.2 Å². The fourth-order valence-electron chi connectivity index (χ4n) is 1.63. The summed E-state index contributed by atoms with van der Waals surface area (Å²) in [6.07, 6.45) is 0. The molecule has 0 spiro atoms. The van der Waals surface area contributed by atoms with E-state index in [2.05, 4.69) is 5.10 Å². The van der Waals surface area contributed by atoms with E-state index in [0.29, 0.717) is 11.4 Å². The first-order chi connectivity index (χ1) is 7.99. The SMILES string of the molecule is Cc1cc(C(=O)c2ccc(Cl)cc2F)n(C)n1. The number of carbonyl (C=O) groups excluding carboxylic acids is 1. The topological polar surface area (TPSA) is 34.9 Å². The summed E-state index contributed by atoms with van der Waals surface area (Å²) in [7, 11) is 1.65. The quantitative estimate of drug-likeness (QED) is 0.771. The second kappa shape index (κ2) is 4.30. The molecule has 2 aromatic rings. The molecule has 0 aliphatic heterocycles. The molecule has 88 valence electrons. The molecule has 0 bridgehead atoms. The molecule has 0 N–H and O–H groups in total. The second-order valence-electron chi connectivity index (χ2n) is 3.75. The molecule has 2 rings (SSSR count). The number of aryl methyl sites for hydroxylation is 2. The monoisotopic (exact) mass is 252 g/mol. The first-order valence-corrected chi connectivity index (χ1v) is 5.37. The van der Waals surface area contributed by atoms with Gasteiger partial charge in [0.15, 0.2) is 0 Å². The number of rotatable bonds is 2. The lowest BCUT2D eigenvalue weighted by Crippen LogP contribution is -2.09. The fraction of sp³-hybridized carbons (Fsp3) is 0.167. The summed E-state index contributed by atoms with van der Waals surface area (Å²) in [6.45, 7) is 1.77. The second-order valence-corrected chi connectivity index (χ2v) is 4.18. The maximum Gasteiger partial charge on any atom is 0.213 e. The molecule has 0 fully saturated rings. The summed E-state index contributed by atoms with van der Waals surface area (Å²) >= 11 is 5.63. The third kappa shape index (κ3) is 2.22. The van der Waals surface area contributed by atoms with Crippen molar-refractivity contribution in [3.8, 4) is 0 Å². The van der Waals surface area contributed by atoms with Gasteiger partial charge in [-0.15, -0.1) is 0 Å². The third-order valence-electron chi connectivity index (χ3n) is 2.41. The van der Waals surface area contributed by atoms with Gasteiger partial charge < -0.3 is 0 Å². The van der Waals surface area contributed by atoms with E-state index in [4.69, 9.17) is 11.6 Å². The first kappa shape index (κ1) is 11.8. The van der Waals surface area contributed by atoms with E-state index < -0.39 is 11.6 Å². The molecule has 5 heteroatoms.